The number of halogens is 1. The summed E-state index contributed by atoms with van der Waals surface area (Å²) in [6.45, 7) is 7.41. The Labute approximate surface area is 234 Å². The summed E-state index contributed by atoms with van der Waals surface area (Å²) in [5.74, 6) is -1.06. The Kier molecular flexibility index (Phi) is 7.11. The third-order valence-electron chi connectivity index (χ3n) is 6.13. The number of aryl methyl sites for hydroxylation is 1. The molecule has 0 spiro atoms. The summed E-state index contributed by atoms with van der Waals surface area (Å²) in [5.41, 5.74) is 5.19. The highest BCUT2D eigenvalue weighted by molar-refractivity contribution is 7.22. The van der Waals surface area contributed by atoms with E-state index in [9.17, 15) is 14.7 Å². The molecule has 1 atom stereocenters. The molecule has 2 heterocycles. The monoisotopic (exact) mass is 559 g/mol. The van der Waals surface area contributed by atoms with Crippen molar-refractivity contribution in [1.29, 1.82) is 0 Å². The standard InChI is InChI=1S/C30H26ClN3O4S/c1-16-12-22-26(39-27(34-22)19-7-5-6-18(13-19)20-14-32-29(37)33-15-20)24(17-8-10-21(31)11-9-17)23(16)25(28(35)36)38-30(2,3)4/h5-15,25H,1-4H3,(H,35,36)(H,32,33,37)/t25-/m0/s1. The van der Waals surface area contributed by atoms with Crippen LogP contribution in [0.2, 0.25) is 5.02 Å². The fourth-order valence-corrected chi connectivity index (χ4v) is 5.74. The van der Waals surface area contributed by atoms with Gasteiger partial charge in [-0.3, -0.25) is 0 Å². The van der Waals surface area contributed by atoms with Crippen molar-refractivity contribution >= 4 is 39.1 Å². The summed E-state index contributed by atoms with van der Waals surface area (Å²) in [5, 5.41) is 11.6. The third-order valence-corrected chi connectivity index (χ3v) is 7.52. The van der Waals surface area contributed by atoms with Gasteiger partial charge in [0.05, 0.1) is 15.8 Å². The first-order chi connectivity index (χ1) is 18.5. The molecule has 0 aliphatic rings. The second-order valence-electron chi connectivity index (χ2n) is 10.2. The van der Waals surface area contributed by atoms with Crippen LogP contribution in [0.4, 0.5) is 0 Å². The predicted octanol–water partition coefficient (Wildman–Crippen LogP) is 7.28. The maximum atomic E-state index is 12.5. The van der Waals surface area contributed by atoms with E-state index in [1.807, 2.05) is 70.2 Å². The largest absolute Gasteiger partial charge is 0.479 e. The number of carboxylic acids is 1. The number of aliphatic carboxylic acids is 1. The quantitative estimate of drug-likeness (QED) is 0.226. The molecule has 5 aromatic rings. The first-order valence-electron chi connectivity index (χ1n) is 12.3. The molecular formula is C30H26ClN3O4S. The summed E-state index contributed by atoms with van der Waals surface area (Å²) >= 11 is 7.68. The highest BCUT2D eigenvalue weighted by atomic mass is 35.5. The topological polar surface area (TPSA) is 105 Å². The van der Waals surface area contributed by atoms with Crippen LogP contribution in [0.5, 0.6) is 0 Å². The van der Waals surface area contributed by atoms with Gasteiger partial charge in [-0.15, -0.1) is 11.3 Å². The van der Waals surface area contributed by atoms with Gasteiger partial charge in [-0.25, -0.2) is 19.6 Å². The van der Waals surface area contributed by atoms with Crippen LogP contribution < -0.4 is 5.69 Å². The minimum atomic E-state index is -1.18. The molecule has 9 heteroatoms. The molecule has 0 saturated heterocycles. The zero-order valence-corrected chi connectivity index (χ0v) is 23.4. The number of ether oxygens (including phenoxy) is 1. The minimum Gasteiger partial charge on any atom is -0.479 e. The number of carboxylic acid groups (broad SMARTS) is 1. The summed E-state index contributed by atoms with van der Waals surface area (Å²) in [4.78, 5) is 35.3. The number of aromatic nitrogens is 3. The number of hydrogen-bond donors (Lipinski definition) is 2. The lowest BCUT2D eigenvalue weighted by Gasteiger charge is -2.28. The van der Waals surface area contributed by atoms with Gasteiger partial charge in [0.15, 0.2) is 6.10 Å². The zero-order valence-electron chi connectivity index (χ0n) is 21.8. The number of carbonyl (C=O) groups is 1. The molecule has 0 aliphatic heterocycles. The van der Waals surface area contributed by atoms with E-state index < -0.39 is 23.4 Å². The molecule has 0 amide bonds. The maximum Gasteiger partial charge on any atom is 0.344 e. The van der Waals surface area contributed by atoms with Gasteiger partial charge in [0, 0.05) is 39.7 Å². The van der Waals surface area contributed by atoms with E-state index in [0.29, 0.717) is 10.6 Å². The number of aromatic amines is 1. The van der Waals surface area contributed by atoms with E-state index in [1.54, 1.807) is 18.3 Å². The molecule has 2 aromatic heterocycles. The molecule has 0 saturated carbocycles. The smallest absolute Gasteiger partial charge is 0.344 e. The Hall–Kier alpha value is -3.85. The average Bonchev–Trinajstić information content (AvgIpc) is 3.31. The lowest BCUT2D eigenvalue weighted by atomic mass is 9.91. The summed E-state index contributed by atoms with van der Waals surface area (Å²) in [6, 6.07) is 17.1. The van der Waals surface area contributed by atoms with E-state index in [-0.39, 0.29) is 0 Å². The van der Waals surface area contributed by atoms with Gasteiger partial charge in [-0.05, 0) is 68.7 Å². The van der Waals surface area contributed by atoms with Crippen molar-refractivity contribution in [1.82, 2.24) is 15.0 Å². The number of nitrogens with one attached hydrogen (secondary N) is 1. The van der Waals surface area contributed by atoms with Gasteiger partial charge in [-0.1, -0.05) is 41.9 Å². The van der Waals surface area contributed by atoms with Gasteiger partial charge in [0.2, 0.25) is 0 Å². The highest BCUT2D eigenvalue weighted by Gasteiger charge is 2.32. The Bertz CT molecular complexity index is 1730. The molecule has 3 aromatic carbocycles. The molecule has 7 nitrogen and oxygen atoms in total. The normalized spacial score (nSPS) is 12.5. The summed E-state index contributed by atoms with van der Waals surface area (Å²) in [6.07, 6.45) is 1.98. The number of fused-ring (bicyclic) bond motifs is 1. The van der Waals surface area contributed by atoms with Crippen LogP contribution in [0.25, 0.3) is 43.0 Å². The minimum absolute atomic E-state index is 0.405. The van der Waals surface area contributed by atoms with Crippen molar-refractivity contribution in [2.24, 2.45) is 0 Å². The van der Waals surface area contributed by atoms with Crippen molar-refractivity contribution < 1.29 is 14.6 Å². The second kappa shape index (κ2) is 10.4. The Morgan fingerprint density at radius 2 is 1.77 bits per heavy atom. The number of hydrogen-bond acceptors (Lipinski definition) is 6. The SMILES string of the molecule is Cc1cc2nc(-c3cccc(-c4cnc(=O)[nH]c4)c3)sc2c(-c2ccc(Cl)cc2)c1[C@H](OC(C)(C)C)C(=O)O. The number of thiazole rings is 1. The van der Waals surface area contributed by atoms with E-state index in [2.05, 4.69) is 9.97 Å². The molecule has 198 valence electrons. The van der Waals surface area contributed by atoms with Gasteiger partial charge < -0.3 is 14.8 Å². The highest BCUT2D eigenvalue weighted by Crippen LogP contribution is 2.44. The number of rotatable bonds is 6. The fourth-order valence-electron chi connectivity index (χ4n) is 4.49. The van der Waals surface area contributed by atoms with Gasteiger partial charge in [-0.2, -0.15) is 0 Å². The van der Waals surface area contributed by atoms with Crippen molar-refractivity contribution in [3.63, 3.8) is 0 Å². The first-order valence-corrected chi connectivity index (χ1v) is 13.5. The summed E-state index contributed by atoms with van der Waals surface area (Å²) in [7, 11) is 0. The predicted molar refractivity (Wildman–Crippen MR) is 155 cm³/mol. The molecule has 0 bridgehead atoms. The maximum absolute atomic E-state index is 12.5. The lowest BCUT2D eigenvalue weighted by Crippen LogP contribution is -2.28. The average molecular weight is 560 g/mol. The van der Waals surface area contributed by atoms with Gasteiger partial charge >= 0.3 is 11.7 Å². The second-order valence-corrected chi connectivity index (χ2v) is 11.6. The van der Waals surface area contributed by atoms with E-state index in [0.717, 1.165) is 48.6 Å². The van der Waals surface area contributed by atoms with Crippen molar-refractivity contribution in [3.8, 4) is 32.8 Å². The van der Waals surface area contributed by atoms with Crippen molar-refractivity contribution in [2.75, 3.05) is 0 Å². The molecular weight excluding hydrogens is 534 g/mol. The van der Waals surface area contributed by atoms with E-state index >= 15 is 0 Å². The lowest BCUT2D eigenvalue weighted by molar-refractivity contribution is -0.160. The Morgan fingerprint density at radius 1 is 1.05 bits per heavy atom. The van der Waals surface area contributed by atoms with Gasteiger partial charge in [0.25, 0.3) is 0 Å². The van der Waals surface area contributed by atoms with Crippen LogP contribution in [-0.2, 0) is 9.53 Å². The van der Waals surface area contributed by atoms with E-state index in [1.165, 1.54) is 17.5 Å². The number of H-pyrrole nitrogens is 1. The Morgan fingerprint density at radius 3 is 2.41 bits per heavy atom. The molecule has 0 fully saturated rings. The van der Waals surface area contributed by atoms with Crippen LogP contribution in [0.3, 0.4) is 0 Å². The molecule has 5 rings (SSSR count). The van der Waals surface area contributed by atoms with Crippen LogP contribution in [0, 0.1) is 6.92 Å². The zero-order chi connectivity index (χ0) is 27.9. The van der Waals surface area contributed by atoms with Gasteiger partial charge in [0.1, 0.15) is 5.01 Å². The fraction of sp³-hybridized carbons (Fsp3) is 0.200. The summed E-state index contributed by atoms with van der Waals surface area (Å²) < 4.78 is 6.95. The van der Waals surface area contributed by atoms with Crippen LogP contribution in [-0.4, -0.2) is 31.6 Å². The van der Waals surface area contributed by atoms with Crippen LogP contribution >= 0.6 is 22.9 Å². The number of benzene rings is 3. The van der Waals surface area contributed by atoms with Crippen molar-refractivity contribution in [2.45, 2.75) is 39.4 Å². The van der Waals surface area contributed by atoms with Crippen molar-refractivity contribution in [3.05, 3.63) is 93.6 Å². The molecule has 0 aliphatic carbocycles. The van der Waals surface area contributed by atoms with E-state index in [4.69, 9.17) is 21.3 Å². The Balaban J connectivity index is 1.73. The molecule has 2 N–H and O–H groups in total. The molecule has 0 radical (unpaired) electrons. The molecule has 0 unspecified atom stereocenters. The first kappa shape index (κ1) is 26.7. The van der Waals surface area contributed by atoms with Crippen LogP contribution in [0.1, 0.15) is 38.0 Å². The number of nitrogens with zero attached hydrogens (tertiary/aromatic N) is 2. The third kappa shape index (κ3) is 5.63. The van der Waals surface area contributed by atoms with Crippen LogP contribution in [0.15, 0.2) is 71.8 Å². The molecule has 39 heavy (non-hydrogen) atoms.